The van der Waals surface area contributed by atoms with Crippen LogP contribution < -0.4 is 5.32 Å². The Morgan fingerprint density at radius 2 is 1.78 bits per heavy atom. The van der Waals surface area contributed by atoms with Crippen LogP contribution in [0.15, 0.2) is 47.4 Å². The van der Waals surface area contributed by atoms with Gasteiger partial charge in [-0.05, 0) is 80.7 Å². The number of carbonyl (C=O) groups excluding carboxylic acids is 1. The van der Waals surface area contributed by atoms with Gasteiger partial charge in [0.05, 0.1) is 16.9 Å². The first-order valence-electron chi connectivity index (χ1n) is 11.9. The molecule has 0 aromatic heterocycles. The molecule has 1 aliphatic carbocycles. The Morgan fingerprint density at radius 3 is 2.50 bits per heavy atom. The fourth-order valence-electron chi connectivity index (χ4n) is 4.91. The van der Waals surface area contributed by atoms with Crippen LogP contribution in [0, 0.1) is 12.8 Å². The lowest BCUT2D eigenvalue weighted by Crippen LogP contribution is -2.46. The van der Waals surface area contributed by atoms with E-state index in [-0.39, 0.29) is 24.4 Å². The van der Waals surface area contributed by atoms with Gasteiger partial charge in [-0.25, -0.2) is 8.42 Å². The number of piperidine rings is 1. The van der Waals surface area contributed by atoms with Crippen molar-refractivity contribution >= 4 is 15.9 Å². The van der Waals surface area contributed by atoms with E-state index in [0.717, 1.165) is 30.4 Å². The number of nitrogens with one attached hydrogen (secondary N) is 1. The molecule has 0 unspecified atom stereocenters. The number of amides is 1. The van der Waals surface area contributed by atoms with E-state index in [2.05, 4.69) is 30.4 Å². The van der Waals surface area contributed by atoms with Crippen LogP contribution in [-0.2, 0) is 27.7 Å². The lowest BCUT2D eigenvalue weighted by molar-refractivity contribution is -0.126. The highest BCUT2D eigenvalue weighted by Crippen LogP contribution is 2.28. The van der Waals surface area contributed by atoms with E-state index in [0.29, 0.717) is 24.3 Å². The number of benzene rings is 2. The Labute approximate surface area is 192 Å². The zero-order chi connectivity index (χ0) is 22.7. The van der Waals surface area contributed by atoms with Crippen LogP contribution in [0.2, 0.25) is 0 Å². The zero-order valence-electron chi connectivity index (χ0n) is 19.1. The second-order valence-corrected chi connectivity index (χ2v) is 11.2. The van der Waals surface area contributed by atoms with Crippen LogP contribution in [-0.4, -0.2) is 31.7 Å². The highest BCUT2D eigenvalue weighted by Gasteiger charge is 2.34. The Bertz CT molecular complexity index is 1060. The molecule has 0 spiro atoms. The van der Waals surface area contributed by atoms with Crippen molar-refractivity contribution in [3.05, 3.63) is 64.7 Å². The van der Waals surface area contributed by atoms with Gasteiger partial charge >= 0.3 is 0 Å². The molecule has 1 heterocycles. The molecule has 1 aliphatic heterocycles. The number of nitrogens with zero attached hydrogens (tertiary/aromatic N) is 1. The summed E-state index contributed by atoms with van der Waals surface area (Å²) in [6.07, 6.45) is 6.96. The second kappa shape index (κ2) is 9.75. The van der Waals surface area contributed by atoms with E-state index in [4.69, 9.17) is 0 Å². The number of rotatable bonds is 6. The normalized spacial score (nSPS) is 20.4. The van der Waals surface area contributed by atoms with Gasteiger partial charge in [-0.15, -0.1) is 0 Å². The van der Waals surface area contributed by atoms with Crippen molar-refractivity contribution in [3.8, 4) is 0 Å². The molecule has 0 radical (unpaired) electrons. The van der Waals surface area contributed by atoms with Gasteiger partial charge in [0.15, 0.2) is 0 Å². The summed E-state index contributed by atoms with van der Waals surface area (Å²) >= 11 is 0. The van der Waals surface area contributed by atoms with Gasteiger partial charge in [0.1, 0.15) is 0 Å². The summed E-state index contributed by atoms with van der Waals surface area (Å²) in [5.41, 5.74) is 5.02. The molecule has 2 aromatic carbocycles. The molecule has 1 fully saturated rings. The topological polar surface area (TPSA) is 66.5 Å². The number of aryl methyl sites for hydroxylation is 3. The molecule has 1 amide bonds. The Hall–Kier alpha value is -2.18. The molecule has 6 heteroatoms. The molecule has 2 aromatic rings. The SMILES string of the molecule is CC[C@H](NC(=O)[C@@H]1CCCN(S(=O)(=O)c2ccc(C)cc2)C1)c1ccc2c(c1)CCCC2. The van der Waals surface area contributed by atoms with Gasteiger partial charge in [-0.2, -0.15) is 4.31 Å². The third-order valence-electron chi connectivity index (χ3n) is 6.91. The molecule has 4 rings (SSSR count). The maximum absolute atomic E-state index is 13.2. The second-order valence-electron chi connectivity index (χ2n) is 9.22. The zero-order valence-corrected chi connectivity index (χ0v) is 20.0. The van der Waals surface area contributed by atoms with Crippen molar-refractivity contribution in [2.24, 2.45) is 5.92 Å². The summed E-state index contributed by atoms with van der Waals surface area (Å²) in [5.74, 6) is -0.367. The van der Waals surface area contributed by atoms with E-state index < -0.39 is 10.0 Å². The first kappa shape index (κ1) is 23.0. The fourth-order valence-corrected chi connectivity index (χ4v) is 6.44. The maximum atomic E-state index is 13.2. The lowest BCUT2D eigenvalue weighted by atomic mass is 9.88. The maximum Gasteiger partial charge on any atom is 0.243 e. The molecule has 172 valence electrons. The summed E-state index contributed by atoms with van der Waals surface area (Å²) in [5, 5.41) is 3.22. The molecule has 1 saturated heterocycles. The van der Waals surface area contributed by atoms with Crippen LogP contribution >= 0.6 is 0 Å². The van der Waals surface area contributed by atoms with Gasteiger partial charge < -0.3 is 5.32 Å². The minimum Gasteiger partial charge on any atom is -0.349 e. The average molecular weight is 455 g/mol. The summed E-state index contributed by atoms with van der Waals surface area (Å²) in [7, 11) is -3.59. The highest BCUT2D eigenvalue weighted by molar-refractivity contribution is 7.89. The minimum atomic E-state index is -3.59. The first-order valence-corrected chi connectivity index (χ1v) is 13.3. The van der Waals surface area contributed by atoms with Crippen LogP contribution in [0.3, 0.4) is 0 Å². The van der Waals surface area contributed by atoms with E-state index in [1.165, 1.54) is 28.3 Å². The van der Waals surface area contributed by atoms with Crippen molar-refractivity contribution in [2.45, 2.75) is 69.7 Å². The molecular formula is C26H34N2O3S. The standard InChI is InChI=1S/C26H34N2O3S/c1-3-25(22-13-12-20-7-4-5-8-21(20)17-22)27-26(29)23-9-6-16-28(18-23)32(30,31)24-14-10-19(2)11-15-24/h10-15,17,23,25H,3-9,16,18H2,1-2H3,(H,27,29)/t23-,25+/m1/s1. The molecule has 32 heavy (non-hydrogen) atoms. The van der Waals surface area contributed by atoms with Crippen LogP contribution in [0.25, 0.3) is 0 Å². The monoisotopic (exact) mass is 454 g/mol. The fraction of sp³-hybridized carbons (Fsp3) is 0.500. The molecule has 1 N–H and O–H groups in total. The van der Waals surface area contributed by atoms with Gasteiger partial charge in [0.25, 0.3) is 0 Å². The molecular weight excluding hydrogens is 420 g/mol. The van der Waals surface area contributed by atoms with Crippen LogP contribution in [0.5, 0.6) is 0 Å². The average Bonchev–Trinajstić information content (AvgIpc) is 2.82. The van der Waals surface area contributed by atoms with Gasteiger partial charge in [-0.1, -0.05) is 42.8 Å². The van der Waals surface area contributed by atoms with Crippen molar-refractivity contribution in [2.75, 3.05) is 13.1 Å². The number of fused-ring (bicyclic) bond motifs is 1. The van der Waals surface area contributed by atoms with Gasteiger partial charge in [0, 0.05) is 13.1 Å². The largest absolute Gasteiger partial charge is 0.349 e. The predicted molar refractivity (Wildman–Crippen MR) is 127 cm³/mol. The Kier molecular flexibility index (Phi) is 7.01. The van der Waals surface area contributed by atoms with Gasteiger partial charge in [-0.3, -0.25) is 4.79 Å². The van der Waals surface area contributed by atoms with E-state index in [1.807, 2.05) is 19.1 Å². The van der Waals surface area contributed by atoms with E-state index in [1.54, 1.807) is 12.1 Å². The Balaban J connectivity index is 1.45. The summed E-state index contributed by atoms with van der Waals surface area (Å²) in [6.45, 7) is 4.72. The van der Waals surface area contributed by atoms with Gasteiger partial charge in [0.2, 0.25) is 15.9 Å². The summed E-state index contributed by atoms with van der Waals surface area (Å²) < 4.78 is 27.7. The summed E-state index contributed by atoms with van der Waals surface area (Å²) in [6, 6.07) is 13.5. The van der Waals surface area contributed by atoms with Crippen molar-refractivity contribution in [1.29, 1.82) is 0 Å². The quantitative estimate of drug-likeness (QED) is 0.697. The number of hydrogen-bond acceptors (Lipinski definition) is 3. The third-order valence-corrected chi connectivity index (χ3v) is 8.79. The third kappa shape index (κ3) is 4.91. The van der Waals surface area contributed by atoms with Crippen molar-refractivity contribution in [3.63, 3.8) is 0 Å². The Morgan fingerprint density at radius 1 is 1.06 bits per heavy atom. The van der Waals surface area contributed by atoms with Crippen LogP contribution in [0.1, 0.15) is 67.3 Å². The molecule has 0 saturated carbocycles. The number of sulfonamides is 1. The van der Waals surface area contributed by atoms with Crippen molar-refractivity contribution < 1.29 is 13.2 Å². The first-order chi connectivity index (χ1) is 15.4. The number of hydrogen-bond donors (Lipinski definition) is 1. The molecule has 5 nitrogen and oxygen atoms in total. The minimum absolute atomic E-state index is 0.0428. The van der Waals surface area contributed by atoms with E-state index >= 15 is 0 Å². The molecule has 0 bridgehead atoms. The number of carbonyl (C=O) groups is 1. The smallest absolute Gasteiger partial charge is 0.243 e. The lowest BCUT2D eigenvalue weighted by Gasteiger charge is -2.32. The van der Waals surface area contributed by atoms with Crippen molar-refractivity contribution in [1.82, 2.24) is 9.62 Å². The molecule has 2 aliphatic rings. The summed E-state index contributed by atoms with van der Waals surface area (Å²) in [4.78, 5) is 13.4. The highest BCUT2D eigenvalue weighted by atomic mass is 32.2. The molecule has 2 atom stereocenters. The van der Waals surface area contributed by atoms with Crippen LogP contribution in [0.4, 0.5) is 0 Å². The van der Waals surface area contributed by atoms with E-state index in [9.17, 15) is 13.2 Å². The predicted octanol–water partition coefficient (Wildman–Crippen LogP) is 4.54.